The zero-order valence-corrected chi connectivity index (χ0v) is 9.47. The van der Waals surface area contributed by atoms with Crippen molar-refractivity contribution in [3.05, 3.63) is 30.3 Å². The van der Waals surface area contributed by atoms with E-state index in [1.807, 2.05) is 37.3 Å². The Bertz CT molecular complexity index is 257. The summed E-state index contributed by atoms with van der Waals surface area (Å²) in [6.07, 6.45) is 0.430. The van der Waals surface area contributed by atoms with Crippen molar-refractivity contribution in [2.24, 2.45) is 0 Å². The van der Waals surface area contributed by atoms with Crippen LogP contribution >= 0.6 is 0 Å². The minimum absolute atomic E-state index is 0.0811. The minimum atomic E-state index is -0.324. The van der Waals surface area contributed by atoms with E-state index in [4.69, 9.17) is 14.2 Å². The van der Waals surface area contributed by atoms with Crippen molar-refractivity contribution in [1.82, 2.24) is 0 Å². The smallest absolute Gasteiger partial charge is 0.194 e. The van der Waals surface area contributed by atoms with Crippen molar-refractivity contribution >= 4 is 0 Å². The fourth-order valence-corrected chi connectivity index (χ4v) is 1.40. The molecule has 0 aliphatic rings. The molecule has 0 heterocycles. The van der Waals surface area contributed by atoms with Crippen molar-refractivity contribution in [1.29, 1.82) is 0 Å². The molecular weight excluding hydrogens is 192 g/mol. The zero-order chi connectivity index (χ0) is 11.1. The highest BCUT2D eigenvalue weighted by Crippen LogP contribution is 2.16. The Morgan fingerprint density at radius 2 is 1.67 bits per heavy atom. The topological polar surface area (TPSA) is 27.7 Å². The number of hydrogen-bond donors (Lipinski definition) is 0. The number of benzene rings is 1. The monoisotopic (exact) mass is 210 g/mol. The first-order valence-electron chi connectivity index (χ1n) is 5.09. The maximum absolute atomic E-state index is 5.76. The van der Waals surface area contributed by atoms with Gasteiger partial charge in [-0.15, -0.1) is 0 Å². The molecule has 0 saturated carbocycles. The van der Waals surface area contributed by atoms with Gasteiger partial charge in [-0.1, -0.05) is 25.1 Å². The van der Waals surface area contributed by atoms with Crippen LogP contribution in [0.5, 0.6) is 5.75 Å². The first-order valence-corrected chi connectivity index (χ1v) is 5.09. The average molecular weight is 210 g/mol. The Hall–Kier alpha value is -1.06. The van der Waals surface area contributed by atoms with E-state index in [2.05, 4.69) is 0 Å². The van der Waals surface area contributed by atoms with E-state index in [9.17, 15) is 0 Å². The number of para-hydroxylation sites is 1. The highest BCUT2D eigenvalue weighted by molar-refractivity contribution is 5.21. The van der Waals surface area contributed by atoms with E-state index >= 15 is 0 Å². The third-order valence-electron chi connectivity index (χ3n) is 2.20. The van der Waals surface area contributed by atoms with Crippen molar-refractivity contribution in [3.63, 3.8) is 0 Å². The van der Waals surface area contributed by atoms with Crippen LogP contribution in [0.1, 0.15) is 13.3 Å². The molecule has 3 nitrogen and oxygen atoms in total. The van der Waals surface area contributed by atoms with Crippen LogP contribution in [0, 0.1) is 0 Å². The van der Waals surface area contributed by atoms with Gasteiger partial charge in [0.2, 0.25) is 0 Å². The van der Waals surface area contributed by atoms with Gasteiger partial charge in [0.05, 0.1) is 0 Å². The van der Waals surface area contributed by atoms with Crippen LogP contribution in [-0.4, -0.2) is 26.6 Å². The normalized spacial score (nSPS) is 12.8. The van der Waals surface area contributed by atoms with Crippen LogP contribution in [0.15, 0.2) is 30.3 Å². The molecule has 0 aliphatic carbocycles. The molecule has 0 aromatic heterocycles. The number of methoxy groups -OCH3 is 2. The van der Waals surface area contributed by atoms with Gasteiger partial charge in [0.15, 0.2) is 6.29 Å². The van der Waals surface area contributed by atoms with Gasteiger partial charge in [-0.3, -0.25) is 0 Å². The minimum Gasteiger partial charge on any atom is -0.485 e. The van der Waals surface area contributed by atoms with Crippen LogP contribution < -0.4 is 4.74 Å². The Morgan fingerprint density at radius 1 is 1.07 bits per heavy atom. The first-order chi connectivity index (χ1) is 7.31. The molecule has 0 saturated heterocycles. The van der Waals surface area contributed by atoms with Crippen LogP contribution in [0.25, 0.3) is 0 Å². The van der Waals surface area contributed by atoms with Gasteiger partial charge in [-0.2, -0.15) is 0 Å². The standard InChI is InChI=1S/C12H18O3/c1-4-11(12(13-2)14-3)15-10-8-6-5-7-9-10/h5-9,11-12H,4H2,1-3H3. The van der Waals surface area contributed by atoms with E-state index in [1.165, 1.54) is 0 Å². The van der Waals surface area contributed by atoms with Crippen molar-refractivity contribution < 1.29 is 14.2 Å². The maximum Gasteiger partial charge on any atom is 0.194 e. The second-order valence-corrected chi connectivity index (χ2v) is 3.22. The summed E-state index contributed by atoms with van der Waals surface area (Å²) in [5.41, 5.74) is 0. The summed E-state index contributed by atoms with van der Waals surface area (Å²) in [5, 5.41) is 0. The fraction of sp³-hybridized carbons (Fsp3) is 0.500. The highest BCUT2D eigenvalue weighted by atomic mass is 16.7. The molecule has 1 rings (SSSR count). The second kappa shape index (κ2) is 6.43. The SMILES string of the molecule is CCC(Oc1ccccc1)C(OC)OC. The Kier molecular flexibility index (Phi) is 5.15. The van der Waals surface area contributed by atoms with E-state index in [1.54, 1.807) is 14.2 Å². The molecule has 0 fully saturated rings. The van der Waals surface area contributed by atoms with E-state index in [0.29, 0.717) is 0 Å². The Labute approximate surface area is 91.0 Å². The Balaban J connectivity index is 2.61. The van der Waals surface area contributed by atoms with E-state index < -0.39 is 0 Å². The largest absolute Gasteiger partial charge is 0.485 e. The lowest BCUT2D eigenvalue weighted by molar-refractivity contribution is -0.156. The van der Waals surface area contributed by atoms with E-state index in [-0.39, 0.29) is 12.4 Å². The van der Waals surface area contributed by atoms with E-state index in [0.717, 1.165) is 12.2 Å². The van der Waals surface area contributed by atoms with Crippen molar-refractivity contribution in [2.75, 3.05) is 14.2 Å². The summed E-state index contributed by atoms with van der Waals surface area (Å²) in [4.78, 5) is 0. The Morgan fingerprint density at radius 3 is 2.13 bits per heavy atom. The molecule has 84 valence electrons. The fourth-order valence-electron chi connectivity index (χ4n) is 1.40. The summed E-state index contributed by atoms with van der Waals surface area (Å²) < 4.78 is 16.1. The molecule has 3 heteroatoms. The zero-order valence-electron chi connectivity index (χ0n) is 9.47. The lowest BCUT2D eigenvalue weighted by Crippen LogP contribution is -2.34. The van der Waals surface area contributed by atoms with Gasteiger partial charge in [-0.05, 0) is 18.6 Å². The van der Waals surface area contributed by atoms with Crippen LogP contribution in [0.2, 0.25) is 0 Å². The van der Waals surface area contributed by atoms with Gasteiger partial charge in [0, 0.05) is 14.2 Å². The van der Waals surface area contributed by atoms with Crippen LogP contribution in [0.3, 0.4) is 0 Å². The molecular formula is C12H18O3. The van der Waals surface area contributed by atoms with Crippen LogP contribution in [0.4, 0.5) is 0 Å². The summed E-state index contributed by atoms with van der Waals surface area (Å²) >= 11 is 0. The predicted molar refractivity (Wildman–Crippen MR) is 59.0 cm³/mol. The summed E-state index contributed by atoms with van der Waals surface area (Å²) in [5.74, 6) is 0.837. The molecule has 0 bridgehead atoms. The van der Waals surface area contributed by atoms with Crippen molar-refractivity contribution in [3.8, 4) is 5.75 Å². The molecule has 15 heavy (non-hydrogen) atoms. The summed E-state index contributed by atoms with van der Waals surface area (Å²) in [6, 6.07) is 9.68. The second-order valence-electron chi connectivity index (χ2n) is 3.22. The molecule has 0 radical (unpaired) electrons. The lowest BCUT2D eigenvalue weighted by atomic mass is 10.2. The molecule has 1 aromatic carbocycles. The molecule has 0 N–H and O–H groups in total. The number of hydrogen-bond acceptors (Lipinski definition) is 3. The molecule has 1 aromatic rings. The lowest BCUT2D eigenvalue weighted by Gasteiger charge is -2.24. The third kappa shape index (κ3) is 3.53. The molecule has 0 amide bonds. The van der Waals surface area contributed by atoms with Gasteiger partial charge in [0.25, 0.3) is 0 Å². The van der Waals surface area contributed by atoms with Gasteiger partial charge in [-0.25, -0.2) is 0 Å². The molecule has 1 unspecified atom stereocenters. The average Bonchev–Trinajstić information content (AvgIpc) is 2.30. The molecule has 0 aliphatic heterocycles. The molecule has 1 atom stereocenters. The molecule has 0 spiro atoms. The van der Waals surface area contributed by atoms with Crippen LogP contribution in [-0.2, 0) is 9.47 Å². The first kappa shape index (κ1) is 12.0. The van der Waals surface area contributed by atoms with Gasteiger partial charge in [0.1, 0.15) is 11.9 Å². The third-order valence-corrected chi connectivity index (χ3v) is 2.20. The number of ether oxygens (including phenoxy) is 3. The summed E-state index contributed by atoms with van der Waals surface area (Å²) in [7, 11) is 3.23. The quantitative estimate of drug-likeness (QED) is 0.675. The van der Waals surface area contributed by atoms with Crippen molar-refractivity contribution in [2.45, 2.75) is 25.7 Å². The number of rotatable bonds is 6. The maximum atomic E-state index is 5.76. The summed E-state index contributed by atoms with van der Waals surface area (Å²) in [6.45, 7) is 2.04. The van der Waals surface area contributed by atoms with Gasteiger partial charge >= 0.3 is 0 Å². The van der Waals surface area contributed by atoms with Gasteiger partial charge < -0.3 is 14.2 Å². The predicted octanol–water partition coefficient (Wildman–Crippen LogP) is 2.46. The highest BCUT2D eigenvalue weighted by Gasteiger charge is 2.20.